The molecule has 20 heavy (non-hydrogen) atoms. The number of nitrogens with two attached hydrogens (primary N) is 1. The lowest BCUT2D eigenvalue weighted by Crippen LogP contribution is -2.36. The molecule has 0 saturated heterocycles. The standard InChI is InChI=1S/C16H19N3O/c1-2-14(17)11-19-16(20)13-8-9-18-15(10-13)12-6-4-3-5-7-12/h3-10,14H,2,11,17H2,1H3,(H,19,20). The van der Waals surface area contributed by atoms with Gasteiger partial charge in [-0.05, 0) is 18.6 Å². The molecule has 0 fully saturated rings. The van der Waals surface area contributed by atoms with Crippen molar-refractivity contribution in [3.8, 4) is 11.3 Å². The Kier molecular flexibility index (Phi) is 4.85. The average molecular weight is 269 g/mol. The normalized spacial score (nSPS) is 11.9. The second kappa shape index (κ2) is 6.82. The van der Waals surface area contributed by atoms with Crippen molar-refractivity contribution < 1.29 is 4.79 Å². The first kappa shape index (κ1) is 14.2. The molecule has 0 saturated carbocycles. The van der Waals surface area contributed by atoms with Crippen LogP contribution in [0.1, 0.15) is 23.7 Å². The number of carbonyl (C=O) groups excluding carboxylic acids is 1. The Bertz CT molecular complexity index is 569. The van der Waals surface area contributed by atoms with Crippen molar-refractivity contribution in [2.75, 3.05) is 6.54 Å². The number of amides is 1. The van der Waals surface area contributed by atoms with Crippen molar-refractivity contribution in [2.24, 2.45) is 5.73 Å². The molecule has 0 aliphatic rings. The number of pyridine rings is 1. The molecule has 2 aromatic rings. The number of carbonyl (C=O) groups is 1. The zero-order chi connectivity index (χ0) is 14.4. The summed E-state index contributed by atoms with van der Waals surface area (Å²) < 4.78 is 0. The zero-order valence-electron chi connectivity index (χ0n) is 11.5. The molecule has 0 spiro atoms. The molecule has 4 nitrogen and oxygen atoms in total. The molecule has 0 aliphatic heterocycles. The van der Waals surface area contributed by atoms with E-state index in [2.05, 4.69) is 10.3 Å². The molecular formula is C16H19N3O. The predicted octanol–water partition coefficient (Wildman–Crippen LogP) is 2.22. The van der Waals surface area contributed by atoms with Gasteiger partial charge in [-0.15, -0.1) is 0 Å². The third-order valence-electron chi connectivity index (χ3n) is 3.14. The largest absolute Gasteiger partial charge is 0.350 e. The highest BCUT2D eigenvalue weighted by molar-refractivity contribution is 5.95. The van der Waals surface area contributed by atoms with Gasteiger partial charge >= 0.3 is 0 Å². The quantitative estimate of drug-likeness (QED) is 0.874. The van der Waals surface area contributed by atoms with E-state index in [-0.39, 0.29) is 11.9 Å². The molecule has 1 heterocycles. The lowest BCUT2D eigenvalue weighted by Gasteiger charge is -2.10. The van der Waals surface area contributed by atoms with Crippen LogP contribution in [0.2, 0.25) is 0 Å². The van der Waals surface area contributed by atoms with E-state index in [9.17, 15) is 4.79 Å². The van der Waals surface area contributed by atoms with E-state index in [1.54, 1.807) is 18.3 Å². The molecule has 1 aromatic heterocycles. The van der Waals surface area contributed by atoms with E-state index in [1.165, 1.54) is 0 Å². The molecule has 104 valence electrons. The number of nitrogens with zero attached hydrogens (tertiary/aromatic N) is 1. The van der Waals surface area contributed by atoms with Gasteiger partial charge in [0.1, 0.15) is 0 Å². The SMILES string of the molecule is CCC(N)CNC(=O)c1ccnc(-c2ccccc2)c1. The van der Waals surface area contributed by atoms with Crippen molar-refractivity contribution in [1.29, 1.82) is 0 Å². The number of nitrogens with one attached hydrogen (secondary N) is 1. The van der Waals surface area contributed by atoms with Gasteiger partial charge in [0, 0.05) is 29.9 Å². The fourth-order valence-corrected chi connectivity index (χ4v) is 1.81. The first-order valence-corrected chi connectivity index (χ1v) is 6.76. The summed E-state index contributed by atoms with van der Waals surface area (Å²) in [6, 6.07) is 13.3. The van der Waals surface area contributed by atoms with E-state index in [0.29, 0.717) is 12.1 Å². The molecule has 1 unspecified atom stereocenters. The molecule has 3 N–H and O–H groups in total. The van der Waals surface area contributed by atoms with Crippen molar-refractivity contribution >= 4 is 5.91 Å². The van der Waals surface area contributed by atoms with Crippen molar-refractivity contribution in [3.63, 3.8) is 0 Å². The highest BCUT2D eigenvalue weighted by atomic mass is 16.1. The van der Waals surface area contributed by atoms with Crippen LogP contribution >= 0.6 is 0 Å². The molecule has 0 aliphatic carbocycles. The number of hydrogen-bond acceptors (Lipinski definition) is 3. The van der Waals surface area contributed by atoms with E-state index >= 15 is 0 Å². The summed E-state index contributed by atoms with van der Waals surface area (Å²) >= 11 is 0. The Balaban J connectivity index is 2.12. The van der Waals surface area contributed by atoms with Crippen LogP contribution in [0.25, 0.3) is 11.3 Å². The van der Waals surface area contributed by atoms with Gasteiger partial charge in [0.2, 0.25) is 0 Å². The maximum Gasteiger partial charge on any atom is 0.251 e. The van der Waals surface area contributed by atoms with Crippen molar-refractivity contribution in [3.05, 3.63) is 54.2 Å². The third kappa shape index (κ3) is 3.65. The maximum atomic E-state index is 12.1. The summed E-state index contributed by atoms with van der Waals surface area (Å²) in [6.07, 6.45) is 2.49. The minimum Gasteiger partial charge on any atom is -0.350 e. The van der Waals surface area contributed by atoms with Crippen LogP contribution in [-0.2, 0) is 0 Å². The molecule has 0 radical (unpaired) electrons. The van der Waals surface area contributed by atoms with Crippen LogP contribution in [0.15, 0.2) is 48.7 Å². The molecule has 1 atom stereocenters. The van der Waals surface area contributed by atoms with Crippen LogP contribution in [0.3, 0.4) is 0 Å². The molecule has 4 heteroatoms. The van der Waals surface area contributed by atoms with E-state index in [4.69, 9.17) is 5.73 Å². The van der Waals surface area contributed by atoms with E-state index in [0.717, 1.165) is 17.7 Å². The lowest BCUT2D eigenvalue weighted by molar-refractivity contribution is 0.0951. The summed E-state index contributed by atoms with van der Waals surface area (Å²) in [5, 5.41) is 2.84. The van der Waals surface area contributed by atoms with Gasteiger partial charge in [0.25, 0.3) is 5.91 Å². The van der Waals surface area contributed by atoms with Gasteiger partial charge in [-0.1, -0.05) is 37.3 Å². The molecule has 2 rings (SSSR count). The Hall–Kier alpha value is -2.20. The minimum absolute atomic E-state index is 0.00520. The topological polar surface area (TPSA) is 68.0 Å². The van der Waals surface area contributed by atoms with Crippen LogP contribution in [0.4, 0.5) is 0 Å². The van der Waals surface area contributed by atoms with Crippen LogP contribution in [0, 0.1) is 0 Å². The average Bonchev–Trinajstić information content (AvgIpc) is 2.53. The number of aromatic nitrogens is 1. The summed E-state index contributed by atoms with van der Waals surface area (Å²) in [4.78, 5) is 16.4. The second-order valence-electron chi connectivity index (χ2n) is 4.67. The van der Waals surface area contributed by atoms with Gasteiger partial charge in [-0.3, -0.25) is 9.78 Å². The minimum atomic E-state index is -0.117. The number of rotatable bonds is 5. The van der Waals surface area contributed by atoms with Gasteiger partial charge in [-0.25, -0.2) is 0 Å². The van der Waals surface area contributed by atoms with E-state index in [1.807, 2.05) is 37.3 Å². The molecule has 1 amide bonds. The Morgan fingerprint density at radius 3 is 2.75 bits per heavy atom. The van der Waals surface area contributed by atoms with Crippen LogP contribution in [-0.4, -0.2) is 23.5 Å². The first-order valence-electron chi connectivity index (χ1n) is 6.76. The summed E-state index contributed by atoms with van der Waals surface area (Å²) in [7, 11) is 0. The van der Waals surface area contributed by atoms with E-state index < -0.39 is 0 Å². The van der Waals surface area contributed by atoms with Crippen molar-refractivity contribution in [2.45, 2.75) is 19.4 Å². The predicted molar refractivity (Wildman–Crippen MR) is 80.3 cm³/mol. The smallest absolute Gasteiger partial charge is 0.251 e. The number of benzene rings is 1. The maximum absolute atomic E-state index is 12.1. The zero-order valence-corrected chi connectivity index (χ0v) is 11.5. The van der Waals surface area contributed by atoms with Gasteiger partial charge < -0.3 is 11.1 Å². The second-order valence-corrected chi connectivity index (χ2v) is 4.67. The molecular weight excluding hydrogens is 250 g/mol. The Morgan fingerprint density at radius 1 is 1.30 bits per heavy atom. The fraction of sp³-hybridized carbons (Fsp3) is 0.250. The Morgan fingerprint density at radius 2 is 2.05 bits per heavy atom. The fourth-order valence-electron chi connectivity index (χ4n) is 1.81. The molecule has 1 aromatic carbocycles. The summed E-state index contributed by atoms with van der Waals surface area (Å²) in [5.74, 6) is -0.117. The van der Waals surface area contributed by atoms with Crippen LogP contribution in [0.5, 0.6) is 0 Å². The van der Waals surface area contributed by atoms with Crippen molar-refractivity contribution in [1.82, 2.24) is 10.3 Å². The monoisotopic (exact) mass is 269 g/mol. The van der Waals surface area contributed by atoms with Gasteiger partial charge in [-0.2, -0.15) is 0 Å². The highest BCUT2D eigenvalue weighted by Crippen LogP contribution is 2.17. The Labute approximate surface area is 119 Å². The summed E-state index contributed by atoms with van der Waals surface area (Å²) in [5.41, 5.74) is 8.18. The summed E-state index contributed by atoms with van der Waals surface area (Å²) in [6.45, 7) is 2.48. The van der Waals surface area contributed by atoms with Crippen LogP contribution < -0.4 is 11.1 Å². The third-order valence-corrected chi connectivity index (χ3v) is 3.14. The lowest BCUT2D eigenvalue weighted by atomic mass is 10.1. The van der Waals surface area contributed by atoms with Gasteiger partial charge in [0.15, 0.2) is 0 Å². The molecule has 0 bridgehead atoms. The first-order chi connectivity index (χ1) is 9.70. The number of hydrogen-bond donors (Lipinski definition) is 2. The van der Waals surface area contributed by atoms with Gasteiger partial charge in [0.05, 0.1) is 5.69 Å². The highest BCUT2D eigenvalue weighted by Gasteiger charge is 2.09.